The number of carbonyl (C=O) groups is 1. The van der Waals surface area contributed by atoms with Crippen LogP contribution in [0.25, 0.3) is 0 Å². The molecule has 0 atom stereocenters. The van der Waals surface area contributed by atoms with Crippen LogP contribution in [0.15, 0.2) is 77.6 Å². The summed E-state index contributed by atoms with van der Waals surface area (Å²) in [4.78, 5) is 27.1. The van der Waals surface area contributed by atoms with E-state index in [0.29, 0.717) is 18.8 Å². The molecule has 0 radical (unpaired) electrons. The van der Waals surface area contributed by atoms with Gasteiger partial charge in [0.1, 0.15) is 11.9 Å². The number of ether oxygens (including phenoxy) is 1. The molecule has 2 heterocycles. The molecule has 0 saturated carbocycles. The zero-order valence-electron chi connectivity index (χ0n) is 16.6. The maximum Gasteiger partial charge on any atom is 0.254 e. The third-order valence-electron chi connectivity index (χ3n) is 5.45. The summed E-state index contributed by atoms with van der Waals surface area (Å²) in [6.45, 7) is 2.90. The average Bonchev–Trinajstić information content (AvgIpc) is 2.70. The molecule has 1 amide bonds. The Morgan fingerprint density at radius 3 is 2.03 bits per heavy atom. The first kappa shape index (κ1) is 19.0. The summed E-state index contributed by atoms with van der Waals surface area (Å²) >= 11 is 0. The average molecular weight is 388 g/mol. The first-order valence-corrected chi connectivity index (χ1v) is 9.76. The Labute approximate surface area is 170 Å². The molecule has 3 aromatic rings. The van der Waals surface area contributed by atoms with E-state index in [1.807, 2.05) is 78.6 Å². The normalized spacial score (nSPS) is 14.0. The van der Waals surface area contributed by atoms with Crippen LogP contribution in [0.4, 0.5) is 0 Å². The van der Waals surface area contributed by atoms with Crippen LogP contribution in [-0.4, -0.2) is 34.6 Å². The second kappa shape index (κ2) is 7.95. The van der Waals surface area contributed by atoms with Crippen molar-refractivity contribution in [3.05, 3.63) is 100.0 Å². The minimum absolute atomic E-state index is 0.0717. The van der Waals surface area contributed by atoms with E-state index in [0.717, 1.165) is 16.8 Å². The molecule has 0 N–H and O–H groups in total. The third-order valence-corrected chi connectivity index (χ3v) is 5.45. The van der Waals surface area contributed by atoms with Crippen LogP contribution in [0.2, 0.25) is 0 Å². The van der Waals surface area contributed by atoms with Gasteiger partial charge in [-0.05, 0) is 24.1 Å². The van der Waals surface area contributed by atoms with E-state index in [-0.39, 0.29) is 23.5 Å². The quantitative estimate of drug-likeness (QED) is 0.675. The van der Waals surface area contributed by atoms with Gasteiger partial charge in [-0.2, -0.15) is 0 Å². The van der Waals surface area contributed by atoms with Gasteiger partial charge >= 0.3 is 0 Å². The van der Waals surface area contributed by atoms with Gasteiger partial charge in [-0.25, -0.2) is 0 Å². The largest absolute Gasteiger partial charge is 0.486 e. The highest BCUT2D eigenvalue weighted by Crippen LogP contribution is 2.29. The van der Waals surface area contributed by atoms with Crippen molar-refractivity contribution in [3.63, 3.8) is 0 Å². The summed E-state index contributed by atoms with van der Waals surface area (Å²) in [5.41, 5.74) is 2.71. The number of aromatic nitrogens is 1. The van der Waals surface area contributed by atoms with Gasteiger partial charge < -0.3 is 14.2 Å². The summed E-state index contributed by atoms with van der Waals surface area (Å²) in [5, 5.41) is 0. The van der Waals surface area contributed by atoms with Crippen molar-refractivity contribution in [2.75, 3.05) is 13.1 Å². The van der Waals surface area contributed by atoms with Crippen LogP contribution >= 0.6 is 0 Å². The lowest BCUT2D eigenvalue weighted by Crippen LogP contribution is -2.57. The van der Waals surface area contributed by atoms with Crippen molar-refractivity contribution in [2.45, 2.75) is 18.9 Å². The highest BCUT2D eigenvalue weighted by Gasteiger charge is 2.37. The second-order valence-corrected chi connectivity index (χ2v) is 7.47. The number of aryl methyl sites for hydroxylation is 1. The highest BCUT2D eigenvalue weighted by atomic mass is 16.5. The number of rotatable bonds is 5. The third kappa shape index (κ3) is 3.94. The molecule has 0 aliphatic carbocycles. The molecule has 5 heteroatoms. The van der Waals surface area contributed by atoms with E-state index < -0.39 is 0 Å². The Morgan fingerprint density at radius 1 is 0.966 bits per heavy atom. The lowest BCUT2D eigenvalue weighted by Gasteiger charge is -2.41. The molecule has 4 rings (SSSR count). The Kier molecular flexibility index (Phi) is 5.21. The Balaban J connectivity index is 1.47. The number of benzene rings is 2. The molecule has 0 spiro atoms. The van der Waals surface area contributed by atoms with Gasteiger partial charge in [0.15, 0.2) is 0 Å². The van der Waals surface area contributed by atoms with Crippen molar-refractivity contribution in [1.82, 2.24) is 9.47 Å². The molecule has 1 aliphatic rings. The SMILES string of the molecule is Cc1cc(OC2CN(C(=O)C(c3ccccc3)c3ccccc3)C2)cc(=O)n1C. The first-order valence-electron chi connectivity index (χ1n) is 9.76. The predicted octanol–water partition coefficient (Wildman–Crippen LogP) is 3.12. The van der Waals surface area contributed by atoms with Crippen molar-refractivity contribution < 1.29 is 9.53 Å². The van der Waals surface area contributed by atoms with Gasteiger partial charge in [-0.15, -0.1) is 0 Å². The number of hydrogen-bond acceptors (Lipinski definition) is 3. The molecular formula is C24H24N2O3. The Morgan fingerprint density at radius 2 is 1.52 bits per heavy atom. The zero-order chi connectivity index (χ0) is 20.4. The fraction of sp³-hybridized carbons (Fsp3) is 0.250. The van der Waals surface area contributed by atoms with Gasteiger partial charge in [0.25, 0.3) is 5.56 Å². The topological polar surface area (TPSA) is 51.5 Å². The number of carbonyl (C=O) groups excluding carboxylic acids is 1. The molecule has 29 heavy (non-hydrogen) atoms. The van der Waals surface area contributed by atoms with E-state index >= 15 is 0 Å². The van der Waals surface area contributed by atoms with E-state index in [1.54, 1.807) is 11.6 Å². The van der Waals surface area contributed by atoms with Crippen LogP contribution in [-0.2, 0) is 11.8 Å². The van der Waals surface area contributed by atoms with Crippen molar-refractivity contribution in [2.24, 2.45) is 7.05 Å². The molecule has 0 bridgehead atoms. The van der Waals surface area contributed by atoms with Gasteiger partial charge in [0, 0.05) is 18.8 Å². The number of amides is 1. The highest BCUT2D eigenvalue weighted by molar-refractivity contribution is 5.88. The molecule has 0 unspecified atom stereocenters. The van der Waals surface area contributed by atoms with Gasteiger partial charge in [-0.1, -0.05) is 60.7 Å². The molecule has 1 aromatic heterocycles. The minimum atomic E-state index is -0.329. The van der Waals surface area contributed by atoms with Crippen LogP contribution in [0.3, 0.4) is 0 Å². The van der Waals surface area contributed by atoms with Gasteiger partial charge in [-0.3, -0.25) is 9.59 Å². The molecule has 5 nitrogen and oxygen atoms in total. The number of nitrogens with zero attached hydrogens (tertiary/aromatic N) is 2. The fourth-order valence-electron chi connectivity index (χ4n) is 3.64. The fourth-order valence-corrected chi connectivity index (χ4v) is 3.64. The first-order chi connectivity index (χ1) is 14.0. The second-order valence-electron chi connectivity index (χ2n) is 7.47. The van der Waals surface area contributed by atoms with Crippen LogP contribution in [0.5, 0.6) is 5.75 Å². The standard InChI is InChI=1S/C24H24N2O3/c1-17-13-20(14-22(27)25(17)2)29-21-15-26(16-21)24(28)23(18-9-5-3-6-10-18)19-11-7-4-8-12-19/h3-14,21,23H,15-16H2,1-2H3. The van der Waals surface area contributed by atoms with Crippen LogP contribution < -0.4 is 10.3 Å². The van der Waals surface area contributed by atoms with Crippen molar-refractivity contribution in [3.8, 4) is 5.75 Å². The lowest BCUT2D eigenvalue weighted by molar-refractivity contribution is -0.140. The van der Waals surface area contributed by atoms with Crippen molar-refractivity contribution in [1.29, 1.82) is 0 Å². The smallest absolute Gasteiger partial charge is 0.254 e. The Hall–Kier alpha value is -3.34. The lowest BCUT2D eigenvalue weighted by atomic mass is 9.89. The van der Waals surface area contributed by atoms with E-state index in [2.05, 4.69) is 0 Å². The monoisotopic (exact) mass is 388 g/mol. The number of likely N-dealkylation sites (tertiary alicyclic amines) is 1. The summed E-state index contributed by atoms with van der Waals surface area (Å²) in [7, 11) is 1.73. The Bertz CT molecular complexity index is 1010. The molecule has 1 aliphatic heterocycles. The van der Waals surface area contributed by atoms with E-state index in [9.17, 15) is 9.59 Å². The zero-order valence-corrected chi connectivity index (χ0v) is 16.6. The number of pyridine rings is 1. The minimum Gasteiger partial charge on any atom is -0.486 e. The molecule has 1 fully saturated rings. The van der Waals surface area contributed by atoms with Crippen LogP contribution in [0, 0.1) is 6.92 Å². The van der Waals surface area contributed by atoms with Gasteiger partial charge in [0.2, 0.25) is 5.91 Å². The van der Waals surface area contributed by atoms with Gasteiger partial charge in [0.05, 0.1) is 19.0 Å². The molecular weight excluding hydrogens is 364 g/mol. The van der Waals surface area contributed by atoms with Crippen LogP contribution in [0.1, 0.15) is 22.7 Å². The summed E-state index contributed by atoms with van der Waals surface area (Å²) in [6, 6.07) is 23.0. The van der Waals surface area contributed by atoms with E-state index in [1.165, 1.54) is 6.07 Å². The molecule has 148 valence electrons. The summed E-state index contributed by atoms with van der Waals surface area (Å²) in [5.74, 6) is 0.303. The number of hydrogen-bond donors (Lipinski definition) is 0. The maximum atomic E-state index is 13.3. The summed E-state index contributed by atoms with van der Waals surface area (Å²) < 4.78 is 7.51. The van der Waals surface area contributed by atoms with E-state index in [4.69, 9.17) is 4.74 Å². The predicted molar refractivity (Wildman–Crippen MR) is 112 cm³/mol. The maximum absolute atomic E-state index is 13.3. The molecule has 2 aromatic carbocycles. The summed E-state index contributed by atoms with van der Waals surface area (Å²) in [6.07, 6.45) is -0.0994. The van der Waals surface area contributed by atoms with Crippen molar-refractivity contribution >= 4 is 5.91 Å². The molecule has 1 saturated heterocycles.